The van der Waals surface area contributed by atoms with Gasteiger partial charge in [-0.15, -0.1) is 0 Å². The van der Waals surface area contributed by atoms with E-state index in [9.17, 15) is 4.39 Å². The predicted octanol–water partition coefficient (Wildman–Crippen LogP) is 3.20. The Morgan fingerprint density at radius 3 is 2.83 bits per heavy atom. The summed E-state index contributed by atoms with van der Waals surface area (Å²) in [5, 5.41) is 3.84. The van der Waals surface area contributed by atoms with Crippen molar-refractivity contribution in [3.05, 3.63) is 29.0 Å². The fourth-order valence-electron chi connectivity index (χ4n) is 2.65. The van der Waals surface area contributed by atoms with Gasteiger partial charge in [0.05, 0.1) is 10.7 Å². The van der Waals surface area contributed by atoms with Gasteiger partial charge in [-0.3, -0.25) is 0 Å². The van der Waals surface area contributed by atoms with E-state index in [4.69, 9.17) is 11.6 Å². The second-order valence-electron chi connectivity index (χ2n) is 5.30. The van der Waals surface area contributed by atoms with Gasteiger partial charge in [0.2, 0.25) is 0 Å². The van der Waals surface area contributed by atoms with Gasteiger partial charge in [0.15, 0.2) is 5.82 Å². The molecule has 1 saturated carbocycles. The minimum absolute atomic E-state index is 0.213. The van der Waals surface area contributed by atoms with E-state index in [0.29, 0.717) is 17.8 Å². The standard InChI is InChI=1S/C14H18ClFN2/c15-12-4-1-5-13(14(12)16)18-8-2-3-11(9-18)17-10-6-7-10/h1,4-5,10-11,17H,2-3,6-9H2. The van der Waals surface area contributed by atoms with Gasteiger partial charge in [0.1, 0.15) is 0 Å². The zero-order chi connectivity index (χ0) is 12.5. The van der Waals surface area contributed by atoms with Gasteiger partial charge in [-0.2, -0.15) is 0 Å². The molecule has 1 atom stereocenters. The predicted molar refractivity (Wildman–Crippen MR) is 72.8 cm³/mol. The minimum Gasteiger partial charge on any atom is -0.368 e. The van der Waals surface area contributed by atoms with Crippen molar-refractivity contribution in [1.82, 2.24) is 5.32 Å². The van der Waals surface area contributed by atoms with Crippen LogP contribution < -0.4 is 10.2 Å². The van der Waals surface area contributed by atoms with E-state index in [1.54, 1.807) is 6.07 Å². The lowest BCUT2D eigenvalue weighted by atomic mass is 10.0. The molecule has 98 valence electrons. The summed E-state index contributed by atoms with van der Waals surface area (Å²) in [7, 11) is 0. The Kier molecular flexibility index (Phi) is 3.44. The van der Waals surface area contributed by atoms with Crippen LogP contribution in [0.15, 0.2) is 18.2 Å². The molecule has 1 aromatic carbocycles. The van der Waals surface area contributed by atoms with Gasteiger partial charge in [0.25, 0.3) is 0 Å². The second-order valence-corrected chi connectivity index (χ2v) is 5.71. The number of benzene rings is 1. The molecule has 0 amide bonds. The highest BCUT2D eigenvalue weighted by atomic mass is 35.5. The fourth-order valence-corrected chi connectivity index (χ4v) is 2.82. The molecule has 1 aliphatic carbocycles. The van der Waals surface area contributed by atoms with Crippen LogP contribution in [0, 0.1) is 5.82 Å². The van der Waals surface area contributed by atoms with Crippen LogP contribution in [0.25, 0.3) is 0 Å². The smallest absolute Gasteiger partial charge is 0.165 e. The first-order valence-corrected chi connectivity index (χ1v) is 7.07. The number of hydrogen-bond donors (Lipinski definition) is 1. The van der Waals surface area contributed by atoms with Crippen LogP contribution in [0.1, 0.15) is 25.7 Å². The van der Waals surface area contributed by atoms with E-state index >= 15 is 0 Å². The lowest BCUT2D eigenvalue weighted by Gasteiger charge is -2.35. The van der Waals surface area contributed by atoms with Crippen molar-refractivity contribution >= 4 is 17.3 Å². The fraction of sp³-hybridized carbons (Fsp3) is 0.571. The average Bonchev–Trinajstić information content (AvgIpc) is 3.17. The first-order chi connectivity index (χ1) is 8.74. The Balaban J connectivity index is 1.72. The summed E-state index contributed by atoms with van der Waals surface area (Å²) in [6.07, 6.45) is 4.88. The van der Waals surface area contributed by atoms with Crippen LogP contribution in [0.5, 0.6) is 0 Å². The topological polar surface area (TPSA) is 15.3 Å². The molecule has 2 aliphatic rings. The molecule has 18 heavy (non-hydrogen) atoms. The van der Waals surface area contributed by atoms with Crippen molar-refractivity contribution in [2.45, 2.75) is 37.8 Å². The number of rotatable bonds is 3. The zero-order valence-corrected chi connectivity index (χ0v) is 11.1. The van der Waals surface area contributed by atoms with Gasteiger partial charge in [-0.1, -0.05) is 17.7 Å². The lowest BCUT2D eigenvalue weighted by molar-refractivity contribution is 0.417. The molecule has 4 heteroatoms. The van der Waals surface area contributed by atoms with E-state index in [1.807, 2.05) is 12.1 Å². The summed E-state index contributed by atoms with van der Waals surface area (Å²) < 4.78 is 14.0. The highest BCUT2D eigenvalue weighted by molar-refractivity contribution is 6.31. The normalized spacial score (nSPS) is 24.3. The SMILES string of the molecule is Fc1c(Cl)cccc1N1CCCC(NC2CC2)C1. The summed E-state index contributed by atoms with van der Waals surface area (Å²) in [6.45, 7) is 1.80. The molecule has 1 aliphatic heterocycles. The third kappa shape index (κ3) is 2.62. The summed E-state index contributed by atoms with van der Waals surface area (Å²) in [6, 6.07) is 6.44. The summed E-state index contributed by atoms with van der Waals surface area (Å²) in [5.74, 6) is -0.286. The number of nitrogens with zero attached hydrogens (tertiary/aromatic N) is 1. The maximum atomic E-state index is 14.0. The van der Waals surface area contributed by atoms with E-state index in [0.717, 1.165) is 19.5 Å². The molecule has 0 aromatic heterocycles. The lowest BCUT2D eigenvalue weighted by Crippen LogP contribution is -2.46. The molecular formula is C14H18ClFN2. The van der Waals surface area contributed by atoms with Crippen LogP contribution in [-0.2, 0) is 0 Å². The highest BCUT2D eigenvalue weighted by Crippen LogP contribution is 2.29. The van der Waals surface area contributed by atoms with Gasteiger partial charge in [0, 0.05) is 25.2 Å². The van der Waals surface area contributed by atoms with E-state index in [2.05, 4.69) is 10.2 Å². The van der Waals surface area contributed by atoms with E-state index in [-0.39, 0.29) is 10.8 Å². The molecule has 3 rings (SSSR count). The van der Waals surface area contributed by atoms with Gasteiger partial charge in [-0.05, 0) is 37.8 Å². The van der Waals surface area contributed by atoms with Gasteiger partial charge in [-0.25, -0.2) is 4.39 Å². The quantitative estimate of drug-likeness (QED) is 0.906. The number of hydrogen-bond acceptors (Lipinski definition) is 2. The van der Waals surface area contributed by atoms with Crippen molar-refractivity contribution in [2.75, 3.05) is 18.0 Å². The second kappa shape index (κ2) is 5.06. The molecule has 0 bridgehead atoms. The number of anilines is 1. The molecule has 0 spiro atoms. The average molecular weight is 269 g/mol. The van der Waals surface area contributed by atoms with Gasteiger partial charge >= 0.3 is 0 Å². The third-order valence-corrected chi connectivity index (χ3v) is 4.03. The monoisotopic (exact) mass is 268 g/mol. The highest BCUT2D eigenvalue weighted by Gasteiger charge is 2.28. The first kappa shape index (κ1) is 12.2. The zero-order valence-electron chi connectivity index (χ0n) is 10.3. The van der Waals surface area contributed by atoms with Crippen LogP contribution in [0.4, 0.5) is 10.1 Å². The minimum atomic E-state index is -0.286. The number of piperidine rings is 1. The van der Waals surface area contributed by atoms with Crippen molar-refractivity contribution in [2.24, 2.45) is 0 Å². The molecule has 0 radical (unpaired) electrons. The Morgan fingerprint density at radius 2 is 2.06 bits per heavy atom. The molecule has 2 fully saturated rings. The van der Waals surface area contributed by atoms with E-state index < -0.39 is 0 Å². The largest absolute Gasteiger partial charge is 0.368 e. The number of halogens is 2. The van der Waals surface area contributed by atoms with Crippen LogP contribution in [0.2, 0.25) is 5.02 Å². The molecule has 1 saturated heterocycles. The Morgan fingerprint density at radius 1 is 1.22 bits per heavy atom. The van der Waals surface area contributed by atoms with E-state index in [1.165, 1.54) is 19.3 Å². The molecule has 1 unspecified atom stereocenters. The molecular weight excluding hydrogens is 251 g/mol. The molecule has 1 aromatic rings. The first-order valence-electron chi connectivity index (χ1n) is 6.69. The Hall–Kier alpha value is -0.800. The Bertz CT molecular complexity index is 434. The third-order valence-electron chi connectivity index (χ3n) is 3.74. The van der Waals surface area contributed by atoms with Crippen molar-refractivity contribution in [1.29, 1.82) is 0 Å². The van der Waals surface area contributed by atoms with Crippen LogP contribution in [-0.4, -0.2) is 25.2 Å². The summed E-state index contributed by atoms with van der Waals surface area (Å²) in [4.78, 5) is 2.12. The van der Waals surface area contributed by atoms with Crippen molar-refractivity contribution in [3.63, 3.8) is 0 Å². The Labute approximate surface area is 112 Å². The molecule has 1 N–H and O–H groups in total. The van der Waals surface area contributed by atoms with Crippen LogP contribution in [0.3, 0.4) is 0 Å². The maximum absolute atomic E-state index is 14.0. The summed E-state index contributed by atoms with van der Waals surface area (Å²) >= 11 is 5.85. The van der Waals surface area contributed by atoms with Crippen LogP contribution >= 0.6 is 11.6 Å². The van der Waals surface area contributed by atoms with Gasteiger partial charge < -0.3 is 10.2 Å². The summed E-state index contributed by atoms with van der Waals surface area (Å²) in [5.41, 5.74) is 0.643. The maximum Gasteiger partial charge on any atom is 0.165 e. The number of nitrogens with one attached hydrogen (secondary N) is 1. The van der Waals surface area contributed by atoms with Crippen molar-refractivity contribution in [3.8, 4) is 0 Å². The molecule has 1 heterocycles. The molecule has 2 nitrogen and oxygen atoms in total. The van der Waals surface area contributed by atoms with Crippen molar-refractivity contribution < 1.29 is 4.39 Å².